The van der Waals surface area contributed by atoms with Crippen molar-refractivity contribution in [2.45, 2.75) is 44.3 Å². The van der Waals surface area contributed by atoms with Crippen LogP contribution in [0.3, 0.4) is 0 Å². The van der Waals surface area contributed by atoms with Gasteiger partial charge in [-0.2, -0.15) is 0 Å². The Labute approximate surface area is 205 Å². The lowest BCUT2D eigenvalue weighted by Crippen LogP contribution is -2.48. The lowest BCUT2D eigenvalue weighted by molar-refractivity contribution is 0.0136. The normalized spacial score (nSPS) is 14.6. The summed E-state index contributed by atoms with van der Waals surface area (Å²) in [5, 5.41) is 14.8. The molecule has 1 unspecified atom stereocenters. The van der Waals surface area contributed by atoms with Crippen LogP contribution in [0.4, 0.5) is 0 Å². The van der Waals surface area contributed by atoms with Gasteiger partial charge in [0.2, 0.25) is 0 Å². The van der Waals surface area contributed by atoms with Gasteiger partial charge in [0.05, 0.1) is 18.3 Å². The summed E-state index contributed by atoms with van der Waals surface area (Å²) in [6, 6.07) is 22.6. The molecule has 0 spiro atoms. The van der Waals surface area contributed by atoms with Crippen molar-refractivity contribution < 1.29 is 24.2 Å². The van der Waals surface area contributed by atoms with Crippen molar-refractivity contribution in [3.8, 4) is 5.75 Å². The molecule has 0 bridgehead atoms. The number of nitrogens with one attached hydrogen (secondary N) is 1. The lowest BCUT2D eigenvalue weighted by atomic mass is 9.73. The predicted molar refractivity (Wildman–Crippen MR) is 134 cm³/mol. The molecule has 1 atom stereocenters. The van der Waals surface area contributed by atoms with Gasteiger partial charge in [0.25, 0.3) is 5.91 Å². The van der Waals surface area contributed by atoms with E-state index in [2.05, 4.69) is 19.2 Å². The van der Waals surface area contributed by atoms with Crippen LogP contribution in [0.25, 0.3) is 0 Å². The molecular weight excluding hydrogens is 442 g/mol. The Bertz CT molecular complexity index is 1220. The van der Waals surface area contributed by atoms with Crippen LogP contribution in [0.5, 0.6) is 5.75 Å². The summed E-state index contributed by atoms with van der Waals surface area (Å²) < 4.78 is 10.4. The SMILES string of the molecule is COc1cccc(CC(O)(CNC(=O)c2ccc3c(c2)C(=O)OC3)CC(C)(C)c2ccccc2)c1. The lowest BCUT2D eigenvalue weighted by Gasteiger charge is -2.37. The van der Waals surface area contributed by atoms with E-state index >= 15 is 0 Å². The average molecular weight is 474 g/mol. The number of fused-ring (bicyclic) bond motifs is 1. The van der Waals surface area contributed by atoms with Crippen LogP contribution < -0.4 is 10.1 Å². The fourth-order valence-corrected chi connectivity index (χ4v) is 4.77. The number of carbonyl (C=O) groups is 2. The molecule has 2 N–H and O–H groups in total. The van der Waals surface area contributed by atoms with Gasteiger partial charge in [-0.3, -0.25) is 4.79 Å². The number of amides is 1. The maximum Gasteiger partial charge on any atom is 0.338 e. The van der Waals surface area contributed by atoms with E-state index in [4.69, 9.17) is 9.47 Å². The molecule has 1 amide bonds. The van der Waals surface area contributed by atoms with E-state index in [1.165, 1.54) is 0 Å². The summed E-state index contributed by atoms with van der Waals surface area (Å²) in [5.74, 6) is -0.0656. The van der Waals surface area contributed by atoms with Crippen molar-refractivity contribution in [2.24, 2.45) is 0 Å². The number of methoxy groups -OCH3 is 1. The Kier molecular flexibility index (Phi) is 6.94. The molecule has 0 saturated carbocycles. The highest BCUT2D eigenvalue weighted by Crippen LogP contribution is 2.34. The second-order valence-corrected chi connectivity index (χ2v) is 9.81. The minimum Gasteiger partial charge on any atom is -0.497 e. The zero-order chi connectivity index (χ0) is 25.1. The Hall–Kier alpha value is -3.64. The quantitative estimate of drug-likeness (QED) is 0.449. The number of carbonyl (C=O) groups excluding carboxylic acids is 2. The van der Waals surface area contributed by atoms with E-state index in [9.17, 15) is 14.7 Å². The van der Waals surface area contributed by atoms with Crippen LogP contribution in [-0.2, 0) is 23.2 Å². The van der Waals surface area contributed by atoms with Gasteiger partial charge in [0, 0.05) is 24.1 Å². The Morgan fingerprint density at radius 3 is 2.57 bits per heavy atom. The fraction of sp³-hybridized carbons (Fsp3) is 0.310. The highest BCUT2D eigenvalue weighted by molar-refractivity contribution is 5.99. The number of aliphatic hydroxyl groups is 1. The van der Waals surface area contributed by atoms with Crippen molar-refractivity contribution in [2.75, 3.05) is 13.7 Å². The number of hydrogen-bond donors (Lipinski definition) is 2. The first kappa shape index (κ1) is 24.5. The standard InChI is InChI=1S/C29H31NO5/c1-28(2,23-9-5-4-6-10-23)18-29(33,16-20-8-7-11-24(14-20)34-3)19-30-26(31)21-12-13-22-17-35-27(32)25(22)15-21/h4-15,33H,16-19H2,1-3H3,(H,30,31). The molecule has 0 fully saturated rings. The highest BCUT2D eigenvalue weighted by atomic mass is 16.5. The van der Waals surface area contributed by atoms with Gasteiger partial charge in [-0.25, -0.2) is 4.79 Å². The number of esters is 1. The summed E-state index contributed by atoms with van der Waals surface area (Å²) >= 11 is 0. The molecule has 35 heavy (non-hydrogen) atoms. The maximum absolute atomic E-state index is 13.0. The number of hydrogen-bond acceptors (Lipinski definition) is 5. The number of benzene rings is 3. The second-order valence-electron chi connectivity index (χ2n) is 9.81. The monoisotopic (exact) mass is 473 g/mol. The number of ether oxygens (including phenoxy) is 2. The van der Waals surface area contributed by atoms with E-state index in [1.807, 2.05) is 54.6 Å². The Balaban J connectivity index is 1.56. The van der Waals surface area contributed by atoms with E-state index < -0.39 is 11.6 Å². The van der Waals surface area contributed by atoms with Crippen LogP contribution in [0.1, 0.15) is 57.7 Å². The van der Waals surface area contributed by atoms with Gasteiger partial charge >= 0.3 is 5.97 Å². The third-order valence-corrected chi connectivity index (χ3v) is 6.52. The van der Waals surface area contributed by atoms with Crippen LogP contribution >= 0.6 is 0 Å². The molecule has 182 valence electrons. The van der Waals surface area contributed by atoms with Crippen LogP contribution in [-0.4, -0.2) is 36.2 Å². The molecule has 3 aromatic rings. The Morgan fingerprint density at radius 2 is 1.83 bits per heavy atom. The van der Waals surface area contributed by atoms with E-state index in [-0.39, 0.29) is 24.5 Å². The van der Waals surface area contributed by atoms with Crippen LogP contribution in [0.2, 0.25) is 0 Å². The second kappa shape index (κ2) is 9.92. The highest BCUT2D eigenvalue weighted by Gasteiger charge is 2.36. The summed E-state index contributed by atoms with van der Waals surface area (Å²) in [4.78, 5) is 24.9. The van der Waals surface area contributed by atoms with Crippen molar-refractivity contribution in [1.82, 2.24) is 5.32 Å². The van der Waals surface area contributed by atoms with Gasteiger partial charge in [-0.15, -0.1) is 0 Å². The van der Waals surface area contributed by atoms with Crippen LogP contribution in [0.15, 0.2) is 72.8 Å². The van der Waals surface area contributed by atoms with Gasteiger partial charge in [-0.05, 0) is 47.2 Å². The van der Waals surface area contributed by atoms with E-state index in [0.717, 1.165) is 16.7 Å². The van der Waals surface area contributed by atoms with Gasteiger partial charge in [0.1, 0.15) is 12.4 Å². The van der Waals surface area contributed by atoms with E-state index in [1.54, 1.807) is 25.3 Å². The van der Waals surface area contributed by atoms with Crippen molar-refractivity contribution in [1.29, 1.82) is 0 Å². The average Bonchev–Trinajstić information content (AvgIpc) is 3.23. The van der Waals surface area contributed by atoms with Gasteiger partial charge in [-0.1, -0.05) is 62.4 Å². The molecule has 0 radical (unpaired) electrons. The molecule has 1 heterocycles. The van der Waals surface area contributed by atoms with E-state index in [0.29, 0.717) is 29.7 Å². The third kappa shape index (κ3) is 5.72. The zero-order valence-corrected chi connectivity index (χ0v) is 20.3. The summed E-state index contributed by atoms with van der Waals surface area (Å²) in [6.07, 6.45) is 0.745. The minimum absolute atomic E-state index is 0.0425. The first-order chi connectivity index (χ1) is 16.7. The summed E-state index contributed by atoms with van der Waals surface area (Å²) in [7, 11) is 1.61. The Morgan fingerprint density at radius 1 is 1.06 bits per heavy atom. The van der Waals surface area contributed by atoms with Gasteiger partial charge in [0.15, 0.2) is 0 Å². The number of rotatable bonds is 9. The molecule has 1 aliphatic rings. The molecule has 0 aliphatic carbocycles. The van der Waals surface area contributed by atoms with Crippen molar-refractivity contribution in [3.05, 3.63) is 101 Å². The molecule has 4 rings (SSSR count). The van der Waals surface area contributed by atoms with Crippen molar-refractivity contribution in [3.63, 3.8) is 0 Å². The molecule has 0 aromatic heterocycles. The predicted octanol–water partition coefficient (Wildman–Crippen LogP) is 4.44. The maximum atomic E-state index is 13.0. The molecule has 6 heteroatoms. The molecule has 0 saturated heterocycles. The zero-order valence-electron chi connectivity index (χ0n) is 20.3. The molecule has 1 aliphatic heterocycles. The number of cyclic esters (lactones) is 1. The minimum atomic E-state index is -1.24. The summed E-state index contributed by atoms with van der Waals surface area (Å²) in [6.45, 7) is 4.45. The van der Waals surface area contributed by atoms with Crippen molar-refractivity contribution >= 4 is 11.9 Å². The molecule has 3 aromatic carbocycles. The first-order valence-electron chi connectivity index (χ1n) is 11.7. The van der Waals surface area contributed by atoms with Gasteiger partial charge < -0.3 is 19.9 Å². The molecule has 6 nitrogen and oxygen atoms in total. The molecular formula is C29H31NO5. The summed E-state index contributed by atoms with van der Waals surface area (Å²) in [5.41, 5.74) is 1.96. The smallest absolute Gasteiger partial charge is 0.338 e. The first-order valence-corrected chi connectivity index (χ1v) is 11.7. The van der Waals surface area contributed by atoms with Crippen LogP contribution in [0, 0.1) is 0 Å². The third-order valence-electron chi connectivity index (χ3n) is 6.52. The topological polar surface area (TPSA) is 84.9 Å². The largest absolute Gasteiger partial charge is 0.497 e. The fourth-order valence-electron chi connectivity index (χ4n) is 4.77.